The fourth-order valence-corrected chi connectivity index (χ4v) is 5.70. The minimum Gasteiger partial charge on any atom is -0.488 e. The Morgan fingerprint density at radius 2 is 1.79 bits per heavy atom. The molecule has 0 aromatic heterocycles. The number of amides is 3. The van der Waals surface area contributed by atoms with Gasteiger partial charge in [0.05, 0.1) is 30.5 Å². The van der Waals surface area contributed by atoms with Crippen LogP contribution < -0.4 is 14.8 Å². The van der Waals surface area contributed by atoms with Gasteiger partial charge in [0.15, 0.2) is 0 Å². The van der Waals surface area contributed by atoms with Gasteiger partial charge in [0.25, 0.3) is 10.0 Å². The van der Waals surface area contributed by atoms with Crippen LogP contribution in [0.15, 0.2) is 77.7 Å². The van der Waals surface area contributed by atoms with Crippen molar-refractivity contribution in [2.45, 2.75) is 37.3 Å². The lowest BCUT2D eigenvalue weighted by Gasteiger charge is -2.34. The third-order valence-electron chi connectivity index (χ3n) is 7.12. The Morgan fingerprint density at radius 1 is 1.12 bits per heavy atom. The molecule has 0 saturated carbocycles. The third-order valence-corrected chi connectivity index (χ3v) is 8.52. The van der Waals surface area contributed by atoms with Crippen LogP contribution in [0.25, 0.3) is 0 Å². The summed E-state index contributed by atoms with van der Waals surface area (Å²) >= 11 is 0. The smallest absolute Gasteiger partial charge is 0.321 e. The first-order valence-corrected chi connectivity index (χ1v) is 15.0. The number of ether oxygens (including phenoxy) is 1. The number of aliphatic hydroxyl groups is 1. The second kappa shape index (κ2) is 13.2. The Labute approximate surface area is 245 Å². The van der Waals surface area contributed by atoms with Crippen LogP contribution in [0.4, 0.5) is 20.6 Å². The van der Waals surface area contributed by atoms with E-state index in [9.17, 15) is 27.5 Å². The van der Waals surface area contributed by atoms with Gasteiger partial charge in [-0.25, -0.2) is 17.6 Å². The van der Waals surface area contributed by atoms with E-state index in [1.54, 1.807) is 55.3 Å². The Hall–Kier alpha value is -4.16. The van der Waals surface area contributed by atoms with Crippen LogP contribution in [0.5, 0.6) is 5.75 Å². The maximum absolute atomic E-state index is 13.4. The first kappa shape index (κ1) is 30.8. The van der Waals surface area contributed by atoms with E-state index in [1.165, 1.54) is 41.3 Å². The molecule has 12 heteroatoms. The number of fused-ring (bicyclic) bond motifs is 1. The van der Waals surface area contributed by atoms with Crippen molar-refractivity contribution in [3.63, 3.8) is 0 Å². The number of hydrogen-bond acceptors (Lipinski definition) is 6. The average Bonchev–Trinajstić information content (AvgIpc) is 3.01. The molecule has 3 amide bonds. The lowest BCUT2D eigenvalue weighted by molar-refractivity contribution is -0.134. The Bertz CT molecular complexity index is 1500. The van der Waals surface area contributed by atoms with Crippen LogP contribution in [0.2, 0.25) is 0 Å². The molecular formula is C30H35FN4O6S. The number of benzene rings is 3. The molecule has 0 spiro atoms. The molecule has 0 aliphatic carbocycles. The largest absolute Gasteiger partial charge is 0.488 e. The average molecular weight is 599 g/mol. The SMILES string of the molecule is C[C@@H]1CN([C@H](C)CO)C(=O)Cc2cc(NS(=O)(=O)c3ccccc3)ccc2O[C@@H]1CN(C)C(=O)Nc1ccc(F)cc1. The van der Waals surface area contributed by atoms with Gasteiger partial charge in [-0.05, 0) is 61.5 Å². The fraction of sp³-hybridized carbons (Fsp3) is 0.333. The Morgan fingerprint density at radius 3 is 2.45 bits per heavy atom. The van der Waals surface area contributed by atoms with Gasteiger partial charge in [-0.15, -0.1) is 0 Å². The summed E-state index contributed by atoms with van der Waals surface area (Å²) in [6.45, 7) is 3.81. The Balaban J connectivity index is 1.61. The summed E-state index contributed by atoms with van der Waals surface area (Å²) in [6, 6.07) is 17.2. The Kier molecular flexibility index (Phi) is 9.69. The summed E-state index contributed by atoms with van der Waals surface area (Å²) < 4.78 is 48.1. The zero-order valence-electron chi connectivity index (χ0n) is 23.7. The van der Waals surface area contributed by atoms with Crippen molar-refractivity contribution in [3.05, 3.63) is 84.2 Å². The number of halogens is 1. The van der Waals surface area contributed by atoms with E-state index in [2.05, 4.69) is 10.0 Å². The summed E-state index contributed by atoms with van der Waals surface area (Å²) in [5.74, 6) is -0.542. The van der Waals surface area contributed by atoms with Crippen molar-refractivity contribution in [2.75, 3.05) is 36.8 Å². The molecular weight excluding hydrogens is 563 g/mol. The van der Waals surface area contributed by atoms with Gasteiger partial charge in [-0.3, -0.25) is 9.52 Å². The molecule has 0 bridgehead atoms. The highest BCUT2D eigenvalue weighted by Crippen LogP contribution is 2.30. The van der Waals surface area contributed by atoms with Crippen LogP contribution in [0.1, 0.15) is 19.4 Å². The topological polar surface area (TPSA) is 128 Å². The highest BCUT2D eigenvalue weighted by atomic mass is 32.2. The van der Waals surface area contributed by atoms with Crippen LogP contribution in [0, 0.1) is 11.7 Å². The molecule has 3 atom stereocenters. The number of carbonyl (C=O) groups is 2. The first-order chi connectivity index (χ1) is 20.0. The first-order valence-electron chi connectivity index (χ1n) is 13.5. The fourth-order valence-electron chi connectivity index (χ4n) is 4.63. The number of carbonyl (C=O) groups excluding carboxylic acids is 2. The summed E-state index contributed by atoms with van der Waals surface area (Å²) in [6.07, 6.45) is -0.653. The van der Waals surface area contributed by atoms with Gasteiger partial charge in [-0.2, -0.15) is 0 Å². The van der Waals surface area contributed by atoms with E-state index >= 15 is 0 Å². The minimum atomic E-state index is -3.87. The molecule has 0 radical (unpaired) electrons. The van der Waals surface area contributed by atoms with Gasteiger partial charge in [0.2, 0.25) is 5.91 Å². The second-order valence-electron chi connectivity index (χ2n) is 10.4. The van der Waals surface area contributed by atoms with Crippen molar-refractivity contribution in [1.82, 2.24) is 9.80 Å². The predicted molar refractivity (Wildman–Crippen MR) is 157 cm³/mol. The molecule has 1 aliphatic heterocycles. The molecule has 0 saturated heterocycles. The normalized spacial score (nSPS) is 18.0. The molecule has 0 unspecified atom stereocenters. The third kappa shape index (κ3) is 7.56. The summed E-state index contributed by atoms with van der Waals surface area (Å²) in [5, 5.41) is 12.6. The molecule has 0 fully saturated rings. The number of nitrogens with one attached hydrogen (secondary N) is 2. The minimum absolute atomic E-state index is 0.0824. The highest BCUT2D eigenvalue weighted by Gasteiger charge is 2.32. The van der Waals surface area contributed by atoms with Gasteiger partial charge in [-0.1, -0.05) is 25.1 Å². The quantitative estimate of drug-likeness (QED) is 0.361. The van der Waals surface area contributed by atoms with Crippen LogP contribution in [-0.2, 0) is 21.2 Å². The highest BCUT2D eigenvalue weighted by molar-refractivity contribution is 7.92. The molecule has 3 aromatic carbocycles. The molecule has 42 heavy (non-hydrogen) atoms. The lowest BCUT2D eigenvalue weighted by Crippen LogP contribution is -2.48. The number of nitrogens with zero attached hydrogens (tertiary/aromatic N) is 2. The van der Waals surface area contributed by atoms with Gasteiger partial charge in [0.1, 0.15) is 17.7 Å². The zero-order valence-corrected chi connectivity index (χ0v) is 24.5. The summed E-state index contributed by atoms with van der Waals surface area (Å²) in [5.41, 5.74) is 1.15. The van der Waals surface area contributed by atoms with Crippen LogP contribution >= 0.6 is 0 Å². The number of anilines is 2. The van der Waals surface area contributed by atoms with Crippen LogP contribution in [0.3, 0.4) is 0 Å². The van der Waals surface area contributed by atoms with E-state index in [0.29, 0.717) is 17.0 Å². The predicted octanol–water partition coefficient (Wildman–Crippen LogP) is 3.94. The number of sulfonamides is 1. The van der Waals surface area contributed by atoms with Crippen molar-refractivity contribution >= 4 is 33.3 Å². The van der Waals surface area contributed by atoms with Crippen molar-refractivity contribution < 1.29 is 32.2 Å². The number of hydrogen-bond donors (Lipinski definition) is 3. The molecule has 10 nitrogen and oxygen atoms in total. The second-order valence-corrected chi connectivity index (χ2v) is 12.1. The number of likely N-dealkylation sites (N-methyl/N-ethyl adjacent to an activating group) is 1. The van der Waals surface area contributed by atoms with Crippen molar-refractivity contribution in [2.24, 2.45) is 5.92 Å². The van der Waals surface area contributed by atoms with E-state index in [-0.39, 0.29) is 48.5 Å². The molecule has 3 N–H and O–H groups in total. The lowest BCUT2D eigenvalue weighted by atomic mass is 10.0. The maximum atomic E-state index is 13.4. The van der Waals surface area contributed by atoms with E-state index in [1.807, 2.05) is 6.92 Å². The molecule has 4 rings (SSSR count). The molecule has 3 aromatic rings. The van der Waals surface area contributed by atoms with Gasteiger partial charge in [0, 0.05) is 36.4 Å². The summed E-state index contributed by atoms with van der Waals surface area (Å²) in [4.78, 5) is 29.5. The number of urea groups is 1. The van der Waals surface area contributed by atoms with E-state index in [0.717, 1.165) is 0 Å². The van der Waals surface area contributed by atoms with Gasteiger partial charge >= 0.3 is 6.03 Å². The summed E-state index contributed by atoms with van der Waals surface area (Å²) in [7, 11) is -2.27. The van der Waals surface area contributed by atoms with Crippen LogP contribution in [-0.4, -0.2) is 74.2 Å². The monoisotopic (exact) mass is 598 g/mol. The van der Waals surface area contributed by atoms with Crippen molar-refractivity contribution in [3.8, 4) is 5.75 Å². The molecule has 1 aliphatic rings. The molecule has 1 heterocycles. The molecule has 224 valence electrons. The standard InChI is InChI=1S/C30H35FN4O6S/c1-20-17-35(21(2)19-36)29(37)16-22-15-25(33-42(39,40)26-7-5-4-6-8-26)13-14-27(22)41-28(20)18-34(3)30(38)32-24-11-9-23(31)10-12-24/h4-15,20-21,28,33,36H,16-19H2,1-3H3,(H,32,38)/t20-,21-,28-/m1/s1. The van der Waals surface area contributed by atoms with Crippen molar-refractivity contribution in [1.29, 1.82) is 0 Å². The number of aliphatic hydroxyl groups excluding tert-OH is 1. The maximum Gasteiger partial charge on any atom is 0.321 e. The number of rotatable bonds is 8. The van der Waals surface area contributed by atoms with E-state index < -0.39 is 34.0 Å². The van der Waals surface area contributed by atoms with E-state index in [4.69, 9.17) is 4.74 Å². The zero-order chi connectivity index (χ0) is 30.4. The van der Waals surface area contributed by atoms with Gasteiger partial charge < -0.3 is 25.0 Å².